The minimum atomic E-state index is -1.20. The Balaban J connectivity index is 2.81. The van der Waals surface area contributed by atoms with E-state index in [9.17, 15) is 15.3 Å². The van der Waals surface area contributed by atoms with E-state index in [0.717, 1.165) is 0 Å². The fourth-order valence-electron chi connectivity index (χ4n) is 1.87. The Hall–Kier alpha value is 0.530. The van der Waals surface area contributed by atoms with Gasteiger partial charge in [-0.2, -0.15) is 0 Å². The lowest BCUT2D eigenvalue weighted by atomic mass is 9.80. The molecule has 0 saturated carbocycles. The molecule has 1 aliphatic rings. The van der Waals surface area contributed by atoms with Crippen molar-refractivity contribution < 1.29 is 23.1 Å². The average molecular weight is 346 g/mol. The lowest BCUT2D eigenvalue weighted by Crippen LogP contribution is -2.61. The van der Waals surface area contributed by atoms with E-state index in [2.05, 4.69) is 0 Å². The normalized spacial score (nSPS) is 41.1. The van der Waals surface area contributed by atoms with Crippen molar-refractivity contribution in [2.45, 2.75) is 51.3 Å². The molecule has 0 aromatic rings. The van der Waals surface area contributed by atoms with Crippen LogP contribution in [0, 0.1) is 5.41 Å². The van der Waals surface area contributed by atoms with Gasteiger partial charge in [-0.15, -0.1) is 0 Å². The maximum atomic E-state index is 9.85. The van der Waals surface area contributed by atoms with Crippen LogP contribution in [0.2, 0.25) is 0 Å². The summed E-state index contributed by atoms with van der Waals surface area (Å²) in [4.78, 5) is 0. The molecule has 1 rings (SSSR count). The molecule has 0 radical (unpaired) electrons. The van der Waals surface area contributed by atoms with Crippen molar-refractivity contribution in [3.05, 3.63) is 0 Å². The number of aliphatic hydroxyl groups is 3. The standard InChI is InChI=1S/C10H19IO5/c1-10(2,3)9-8(14)7(13)6(12)5(16-9)4-15-11/h5-9,12-14H,4H2,1-3H3. The Kier molecular flexibility index (Phi) is 4.97. The van der Waals surface area contributed by atoms with Crippen molar-refractivity contribution in [3.63, 3.8) is 0 Å². The molecule has 1 aliphatic heterocycles. The number of hydrogen-bond acceptors (Lipinski definition) is 5. The van der Waals surface area contributed by atoms with Crippen LogP contribution < -0.4 is 0 Å². The highest BCUT2D eigenvalue weighted by atomic mass is 127. The van der Waals surface area contributed by atoms with Crippen LogP contribution in [0.25, 0.3) is 0 Å². The molecule has 5 atom stereocenters. The van der Waals surface area contributed by atoms with Crippen molar-refractivity contribution in [2.75, 3.05) is 6.61 Å². The molecule has 5 nitrogen and oxygen atoms in total. The number of hydrogen-bond donors (Lipinski definition) is 3. The molecule has 96 valence electrons. The minimum Gasteiger partial charge on any atom is -0.388 e. The summed E-state index contributed by atoms with van der Waals surface area (Å²) < 4.78 is 10.5. The van der Waals surface area contributed by atoms with Crippen LogP contribution >= 0.6 is 23.0 Å². The van der Waals surface area contributed by atoms with Crippen LogP contribution in [0.5, 0.6) is 0 Å². The first kappa shape index (κ1) is 14.6. The smallest absolute Gasteiger partial charge is 0.111 e. The third-order valence-electron chi connectivity index (χ3n) is 2.79. The number of ether oxygens (including phenoxy) is 1. The molecule has 1 heterocycles. The lowest BCUT2D eigenvalue weighted by Gasteiger charge is -2.45. The maximum Gasteiger partial charge on any atom is 0.111 e. The summed E-state index contributed by atoms with van der Waals surface area (Å²) in [6.07, 6.45) is -4.54. The van der Waals surface area contributed by atoms with Gasteiger partial charge in [0.15, 0.2) is 0 Å². The summed E-state index contributed by atoms with van der Waals surface area (Å²) in [6, 6.07) is 0. The number of aliphatic hydroxyl groups excluding tert-OH is 3. The molecule has 5 unspecified atom stereocenters. The zero-order chi connectivity index (χ0) is 12.5. The highest BCUT2D eigenvalue weighted by Crippen LogP contribution is 2.33. The Morgan fingerprint density at radius 1 is 1.12 bits per heavy atom. The molecular formula is C10H19IO5. The van der Waals surface area contributed by atoms with E-state index < -0.39 is 30.5 Å². The lowest BCUT2D eigenvalue weighted by molar-refractivity contribution is -0.247. The van der Waals surface area contributed by atoms with Gasteiger partial charge in [0.05, 0.1) is 12.7 Å². The van der Waals surface area contributed by atoms with Gasteiger partial charge < -0.3 is 23.1 Å². The molecule has 0 aromatic carbocycles. The first-order valence-corrected chi connectivity index (χ1v) is 6.10. The summed E-state index contributed by atoms with van der Waals surface area (Å²) in [6.45, 7) is 5.91. The predicted octanol–water partition coefficient (Wildman–Crippen LogP) is 0.249. The van der Waals surface area contributed by atoms with Crippen molar-refractivity contribution in [3.8, 4) is 0 Å². The maximum absolute atomic E-state index is 9.85. The summed E-state index contributed by atoms with van der Waals surface area (Å²) in [5, 5.41) is 29.3. The van der Waals surface area contributed by atoms with Crippen molar-refractivity contribution in [1.29, 1.82) is 0 Å². The van der Waals surface area contributed by atoms with E-state index >= 15 is 0 Å². The second-order valence-corrected chi connectivity index (χ2v) is 5.83. The number of halogens is 1. The first-order chi connectivity index (χ1) is 7.29. The van der Waals surface area contributed by atoms with Gasteiger partial charge in [-0.3, -0.25) is 0 Å². The Labute approximate surface area is 109 Å². The monoisotopic (exact) mass is 346 g/mol. The van der Waals surface area contributed by atoms with Crippen LogP contribution in [-0.2, 0) is 7.80 Å². The van der Waals surface area contributed by atoms with Gasteiger partial charge >= 0.3 is 0 Å². The van der Waals surface area contributed by atoms with Crippen molar-refractivity contribution in [2.24, 2.45) is 5.41 Å². The third kappa shape index (κ3) is 3.05. The Bertz CT molecular complexity index is 230. The zero-order valence-electron chi connectivity index (χ0n) is 9.63. The fraction of sp³-hybridized carbons (Fsp3) is 1.00. The Morgan fingerprint density at radius 3 is 2.12 bits per heavy atom. The molecule has 3 N–H and O–H groups in total. The summed E-state index contributed by atoms with van der Waals surface area (Å²) in [5.74, 6) is 0. The van der Waals surface area contributed by atoms with Gasteiger partial charge in [0.25, 0.3) is 0 Å². The molecule has 16 heavy (non-hydrogen) atoms. The first-order valence-electron chi connectivity index (χ1n) is 5.22. The predicted molar refractivity (Wildman–Crippen MR) is 66.1 cm³/mol. The minimum absolute atomic E-state index is 0.179. The van der Waals surface area contributed by atoms with E-state index in [1.807, 2.05) is 20.8 Å². The molecule has 6 heteroatoms. The molecule has 0 bridgehead atoms. The van der Waals surface area contributed by atoms with Crippen LogP contribution in [0.3, 0.4) is 0 Å². The van der Waals surface area contributed by atoms with E-state index in [-0.39, 0.29) is 12.0 Å². The second kappa shape index (κ2) is 5.45. The second-order valence-electron chi connectivity index (χ2n) is 5.21. The van der Waals surface area contributed by atoms with Crippen molar-refractivity contribution >= 4 is 23.0 Å². The van der Waals surface area contributed by atoms with E-state index in [4.69, 9.17) is 7.80 Å². The third-order valence-corrected chi connectivity index (χ3v) is 3.15. The van der Waals surface area contributed by atoms with Gasteiger partial charge in [0.1, 0.15) is 47.4 Å². The van der Waals surface area contributed by atoms with E-state index in [1.54, 1.807) is 23.0 Å². The van der Waals surface area contributed by atoms with Crippen molar-refractivity contribution in [1.82, 2.24) is 0 Å². The quantitative estimate of drug-likeness (QED) is 0.625. The Morgan fingerprint density at radius 2 is 1.69 bits per heavy atom. The van der Waals surface area contributed by atoms with Gasteiger partial charge in [-0.1, -0.05) is 20.8 Å². The van der Waals surface area contributed by atoms with Gasteiger partial charge in [-0.05, 0) is 5.41 Å². The number of rotatable bonds is 2. The topological polar surface area (TPSA) is 79.2 Å². The average Bonchev–Trinajstić information content (AvgIpc) is 2.17. The molecule has 0 aromatic heterocycles. The molecule has 0 amide bonds. The zero-order valence-corrected chi connectivity index (χ0v) is 11.8. The molecule has 0 aliphatic carbocycles. The highest BCUT2D eigenvalue weighted by Gasteiger charge is 2.47. The molecular weight excluding hydrogens is 327 g/mol. The fourth-order valence-corrected chi connectivity index (χ4v) is 2.22. The molecule has 1 fully saturated rings. The van der Waals surface area contributed by atoms with Crippen LogP contribution in [0.15, 0.2) is 0 Å². The largest absolute Gasteiger partial charge is 0.388 e. The van der Waals surface area contributed by atoms with E-state index in [1.165, 1.54) is 0 Å². The van der Waals surface area contributed by atoms with Gasteiger partial charge in [-0.25, -0.2) is 0 Å². The SMILES string of the molecule is CC(C)(C)C1OC(COI)C(O)C(O)C1O. The summed E-state index contributed by atoms with van der Waals surface area (Å²) >= 11 is 1.70. The highest BCUT2D eigenvalue weighted by molar-refractivity contribution is 14.1. The summed E-state index contributed by atoms with van der Waals surface area (Å²) in [5.41, 5.74) is -0.315. The van der Waals surface area contributed by atoms with Crippen LogP contribution in [-0.4, -0.2) is 52.4 Å². The van der Waals surface area contributed by atoms with Crippen LogP contribution in [0.1, 0.15) is 20.8 Å². The summed E-state index contributed by atoms with van der Waals surface area (Å²) in [7, 11) is 0. The van der Waals surface area contributed by atoms with E-state index in [0.29, 0.717) is 0 Å². The molecule has 1 saturated heterocycles. The van der Waals surface area contributed by atoms with Gasteiger partial charge in [0, 0.05) is 0 Å². The van der Waals surface area contributed by atoms with Crippen LogP contribution in [0.4, 0.5) is 0 Å². The van der Waals surface area contributed by atoms with Gasteiger partial charge in [0.2, 0.25) is 0 Å². The molecule has 0 spiro atoms.